The molecule has 1 aromatic rings. The number of hydrogen-bond acceptors (Lipinski definition) is 3. The lowest BCUT2D eigenvalue weighted by Gasteiger charge is -2.33. The van der Waals surface area contributed by atoms with Crippen molar-refractivity contribution in [1.82, 2.24) is 10.2 Å². The Balaban J connectivity index is 1.80. The lowest BCUT2D eigenvalue weighted by atomic mass is 9.86. The van der Waals surface area contributed by atoms with Gasteiger partial charge < -0.3 is 9.73 Å². The molecule has 0 aliphatic carbocycles. The van der Waals surface area contributed by atoms with Crippen LogP contribution in [0.4, 0.5) is 0 Å². The predicted octanol–water partition coefficient (Wildman–Crippen LogP) is 3.89. The zero-order valence-corrected chi connectivity index (χ0v) is 14.2. The monoisotopic (exact) mass is 292 g/mol. The number of piperidine rings is 1. The summed E-state index contributed by atoms with van der Waals surface area (Å²) in [4.78, 5) is 2.58. The van der Waals surface area contributed by atoms with E-state index in [9.17, 15) is 0 Å². The maximum Gasteiger partial charge on any atom is 0.122 e. The van der Waals surface area contributed by atoms with Gasteiger partial charge in [-0.15, -0.1) is 0 Å². The highest BCUT2D eigenvalue weighted by atomic mass is 16.3. The van der Waals surface area contributed by atoms with Crippen molar-refractivity contribution in [3.8, 4) is 0 Å². The second kappa shape index (κ2) is 8.00. The Labute approximate surface area is 130 Å². The minimum absolute atomic E-state index is 0.679. The fourth-order valence-electron chi connectivity index (χ4n) is 3.16. The Morgan fingerprint density at radius 2 is 1.95 bits per heavy atom. The van der Waals surface area contributed by atoms with Gasteiger partial charge in [-0.3, -0.25) is 4.90 Å². The Morgan fingerprint density at radius 3 is 2.57 bits per heavy atom. The summed E-state index contributed by atoms with van der Waals surface area (Å²) in [5, 5.41) is 3.47. The van der Waals surface area contributed by atoms with Crippen LogP contribution >= 0.6 is 0 Å². The number of nitrogens with zero attached hydrogens (tertiary/aromatic N) is 1. The molecule has 2 heterocycles. The molecule has 2 rings (SSSR count). The Kier molecular flexibility index (Phi) is 6.31. The second-order valence-corrected chi connectivity index (χ2v) is 7.25. The van der Waals surface area contributed by atoms with Crippen LogP contribution in [0.3, 0.4) is 0 Å². The molecule has 0 saturated carbocycles. The van der Waals surface area contributed by atoms with E-state index in [0.717, 1.165) is 37.2 Å². The van der Waals surface area contributed by atoms with E-state index < -0.39 is 0 Å². The summed E-state index contributed by atoms with van der Waals surface area (Å²) >= 11 is 0. The minimum Gasteiger partial charge on any atom is -0.468 e. The van der Waals surface area contributed by atoms with Crippen LogP contribution in [0.15, 0.2) is 16.7 Å². The summed E-state index contributed by atoms with van der Waals surface area (Å²) in [7, 11) is 0. The van der Waals surface area contributed by atoms with Crippen LogP contribution in [0.1, 0.15) is 51.9 Å². The van der Waals surface area contributed by atoms with Crippen molar-refractivity contribution >= 4 is 0 Å². The zero-order chi connectivity index (χ0) is 15.2. The van der Waals surface area contributed by atoms with Crippen LogP contribution in [0.2, 0.25) is 0 Å². The first-order chi connectivity index (χ1) is 10.1. The lowest BCUT2D eigenvalue weighted by Crippen LogP contribution is -2.35. The molecule has 0 unspecified atom stereocenters. The fourth-order valence-corrected chi connectivity index (χ4v) is 3.16. The summed E-state index contributed by atoms with van der Waals surface area (Å²) in [6.07, 6.45) is 4.52. The molecule has 120 valence electrons. The van der Waals surface area contributed by atoms with Gasteiger partial charge in [-0.1, -0.05) is 27.7 Å². The summed E-state index contributed by atoms with van der Waals surface area (Å²) in [5.41, 5.74) is 1.36. The summed E-state index contributed by atoms with van der Waals surface area (Å²) < 4.78 is 5.66. The predicted molar refractivity (Wildman–Crippen MR) is 88.1 cm³/mol. The first-order valence-corrected chi connectivity index (χ1v) is 8.54. The van der Waals surface area contributed by atoms with Gasteiger partial charge in [-0.25, -0.2) is 0 Å². The number of hydrogen-bond donors (Lipinski definition) is 1. The maximum atomic E-state index is 5.66. The standard InChI is InChI=1S/C18H32N2O/c1-14(2)11-19-12-18-17(7-10-21-18)13-20-8-5-16(6-9-20)15(3)4/h7,10,14-16,19H,5-6,8-9,11-13H2,1-4H3. The summed E-state index contributed by atoms with van der Waals surface area (Å²) in [6.45, 7) is 14.6. The molecule has 1 saturated heterocycles. The van der Waals surface area contributed by atoms with Crippen molar-refractivity contribution in [3.05, 3.63) is 23.7 Å². The molecule has 1 aliphatic heterocycles. The Morgan fingerprint density at radius 1 is 1.24 bits per heavy atom. The topological polar surface area (TPSA) is 28.4 Å². The van der Waals surface area contributed by atoms with E-state index >= 15 is 0 Å². The van der Waals surface area contributed by atoms with Crippen LogP contribution in [-0.2, 0) is 13.1 Å². The molecule has 1 N–H and O–H groups in total. The van der Waals surface area contributed by atoms with Crippen molar-refractivity contribution in [3.63, 3.8) is 0 Å². The first-order valence-electron chi connectivity index (χ1n) is 8.54. The van der Waals surface area contributed by atoms with Crippen LogP contribution in [0.5, 0.6) is 0 Å². The van der Waals surface area contributed by atoms with Gasteiger partial charge in [-0.2, -0.15) is 0 Å². The van der Waals surface area contributed by atoms with Gasteiger partial charge in [0.15, 0.2) is 0 Å². The smallest absolute Gasteiger partial charge is 0.122 e. The number of furan rings is 1. The number of nitrogens with one attached hydrogen (secondary N) is 1. The van der Waals surface area contributed by atoms with Gasteiger partial charge in [0.1, 0.15) is 5.76 Å². The average Bonchev–Trinajstić information content (AvgIpc) is 2.86. The third kappa shape index (κ3) is 5.15. The summed E-state index contributed by atoms with van der Waals surface area (Å²) in [6, 6.07) is 2.14. The molecule has 1 fully saturated rings. The van der Waals surface area contributed by atoms with Crippen LogP contribution < -0.4 is 5.32 Å². The quantitative estimate of drug-likeness (QED) is 0.826. The van der Waals surface area contributed by atoms with Gasteiger partial charge >= 0.3 is 0 Å². The molecular formula is C18H32N2O. The summed E-state index contributed by atoms with van der Waals surface area (Å²) in [5.74, 6) is 3.54. The third-order valence-corrected chi connectivity index (χ3v) is 4.64. The fraction of sp³-hybridized carbons (Fsp3) is 0.778. The van der Waals surface area contributed by atoms with E-state index in [0.29, 0.717) is 5.92 Å². The molecule has 1 aliphatic rings. The van der Waals surface area contributed by atoms with E-state index in [2.05, 4.69) is 44.0 Å². The van der Waals surface area contributed by atoms with Crippen molar-refractivity contribution in [2.75, 3.05) is 19.6 Å². The molecule has 1 aromatic heterocycles. The van der Waals surface area contributed by atoms with Gasteiger partial charge in [0.25, 0.3) is 0 Å². The van der Waals surface area contributed by atoms with Crippen molar-refractivity contribution in [2.45, 2.75) is 53.6 Å². The van der Waals surface area contributed by atoms with Gasteiger partial charge in [-0.05, 0) is 56.3 Å². The second-order valence-electron chi connectivity index (χ2n) is 7.25. The van der Waals surface area contributed by atoms with E-state index in [1.165, 1.54) is 31.5 Å². The number of rotatable bonds is 7. The van der Waals surface area contributed by atoms with Crippen LogP contribution in [0, 0.1) is 17.8 Å². The van der Waals surface area contributed by atoms with E-state index in [4.69, 9.17) is 4.42 Å². The van der Waals surface area contributed by atoms with Crippen molar-refractivity contribution < 1.29 is 4.42 Å². The SMILES string of the molecule is CC(C)CNCc1occc1CN1CCC(C(C)C)CC1. The van der Waals surface area contributed by atoms with E-state index in [1.54, 1.807) is 0 Å². The third-order valence-electron chi connectivity index (χ3n) is 4.64. The van der Waals surface area contributed by atoms with Crippen LogP contribution in [0.25, 0.3) is 0 Å². The molecule has 21 heavy (non-hydrogen) atoms. The molecule has 0 spiro atoms. The minimum atomic E-state index is 0.679. The normalized spacial score (nSPS) is 18.0. The van der Waals surface area contributed by atoms with Crippen molar-refractivity contribution in [1.29, 1.82) is 0 Å². The van der Waals surface area contributed by atoms with Crippen molar-refractivity contribution in [2.24, 2.45) is 17.8 Å². The van der Waals surface area contributed by atoms with Gasteiger partial charge in [0.05, 0.1) is 12.8 Å². The average molecular weight is 292 g/mol. The molecule has 0 aromatic carbocycles. The lowest BCUT2D eigenvalue weighted by molar-refractivity contribution is 0.151. The molecule has 3 nitrogen and oxygen atoms in total. The zero-order valence-electron chi connectivity index (χ0n) is 14.2. The molecule has 0 radical (unpaired) electrons. The molecule has 0 atom stereocenters. The van der Waals surface area contributed by atoms with Gasteiger partial charge in [0, 0.05) is 12.1 Å². The molecule has 0 bridgehead atoms. The highest BCUT2D eigenvalue weighted by molar-refractivity contribution is 5.17. The number of likely N-dealkylation sites (tertiary alicyclic amines) is 1. The van der Waals surface area contributed by atoms with E-state index in [1.807, 2.05) is 6.26 Å². The van der Waals surface area contributed by atoms with Crippen LogP contribution in [-0.4, -0.2) is 24.5 Å². The highest BCUT2D eigenvalue weighted by Crippen LogP contribution is 2.25. The Hall–Kier alpha value is -0.800. The largest absolute Gasteiger partial charge is 0.468 e. The Bertz CT molecular complexity index is 403. The first kappa shape index (κ1) is 16.6. The van der Waals surface area contributed by atoms with Gasteiger partial charge in [0.2, 0.25) is 0 Å². The molecular weight excluding hydrogens is 260 g/mol. The highest BCUT2D eigenvalue weighted by Gasteiger charge is 2.22. The molecule has 3 heteroatoms. The molecule has 0 amide bonds. The van der Waals surface area contributed by atoms with E-state index in [-0.39, 0.29) is 0 Å². The maximum absolute atomic E-state index is 5.66.